The molecule has 2 unspecified atom stereocenters. The van der Waals surface area contributed by atoms with Crippen LogP contribution in [0.25, 0.3) is 11.0 Å². The number of nitrogens with one attached hydrogen (secondary N) is 1. The molecule has 2 aliphatic rings. The summed E-state index contributed by atoms with van der Waals surface area (Å²) in [6.45, 7) is 1.53. The van der Waals surface area contributed by atoms with Gasteiger partial charge in [-0.15, -0.1) is 0 Å². The van der Waals surface area contributed by atoms with Gasteiger partial charge in [-0.1, -0.05) is 18.6 Å². The van der Waals surface area contributed by atoms with Crippen LogP contribution in [0.5, 0.6) is 5.88 Å². The molecule has 0 bridgehead atoms. The average molecular weight is 553 g/mol. The fourth-order valence-corrected chi connectivity index (χ4v) is 6.72. The van der Waals surface area contributed by atoms with Crippen LogP contribution >= 0.6 is 0 Å². The van der Waals surface area contributed by atoms with Crippen LogP contribution in [0.2, 0.25) is 0 Å². The molecule has 0 amide bonds. The smallest absolute Gasteiger partial charge is 0.226 e. The van der Waals surface area contributed by atoms with Crippen molar-refractivity contribution in [1.82, 2.24) is 19.3 Å². The summed E-state index contributed by atoms with van der Waals surface area (Å²) in [4.78, 5) is 8.44. The lowest BCUT2D eigenvalue weighted by Crippen LogP contribution is -2.39. The lowest BCUT2D eigenvalue weighted by molar-refractivity contribution is 0.171. The Balaban J connectivity index is 1.50. The molecule has 0 aromatic carbocycles. The van der Waals surface area contributed by atoms with Gasteiger partial charge >= 0.3 is 0 Å². The summed E-state index contributed by atoms with van der Waals surface area (Å²) in [6, 6.07) is 1.55. The summed E-state index contributed by atoms with van der Waals surface area (Å²) in [6.07, 6.45) is 14.7. The van der Waals surface area contributed by atoms with E-state index in [9.17, 15) is 21.2 Å². The summed E-state index contributed by atoms with van der Waals surface area (Å²) in [5, 5.41) is 0.334. The van der Waals surface area contributed by atoms with Gasteiger partial charge in [0.2, 0.25) is 15.9 Å². The van der Waals surface area contributed by atoms with Gasteiger partial charge in [-0.3, -0.25) is 0 Å². The van der Waals surface area contributed by atoms with Crippen LogP contribution in [0.1, 0.15) is 51.9 Å². The monoisotopic (exact) mass is 552 g/mol. The molecule has 0 aliphatic heterocycles. The molecule has 2 aromatic rings. The van der Waals surface area contributed by atoms with Gasteiger partial charge in [-0.05, 0) is 57.2 Å². The molecule has 12 heteroatoms. The maximum Gasteiger partial charge on any atom is 0.226 e. The minimum Gasteiger partial charge on any atom is -0.474 e. The number of sulfonamides is 1. The van der Waals surface area contributed by atoms with E-state index in [0.717, 1.165) is 50.9 Å². The Bertz CT molecular complexity index is 1430. The van der Waals surface area contributed by atoms with E-state index in [4.69, 9.17) is 4.74 Å². The molecule has 2 aromatic heterocycles. The molecule has 0 saturated heterocycles. The Hall–Kier alpha value is -2.57. The highest BCUT2D eigenvalue weighted by Gasteiger charge is 2.37. The molecule has 2 heterocycles. The lowest BCUT2D eigenvalue weighted by Gasteiger charge is -2.22. The van der Waals surface area contributed by atoms with Gasteiger partial charge < -0.3 is 9.30 Å². The molecule has 4 rings (SSSR count). The summed E-state index contributed by atoms with van der Waals surface area (Å²) in [7, 11) is -6.89. The first-order valence-electron chi connectivity index (χ1n) is 12.4. The molecule has 2 atom stereocenters. The Morgan fingerprint density at radius 3 is 2.65 bits per heavy atom. The van der Waals surface area contributed by atoms with Gasteiger partial charge in [-0.25, -0.2) is 35.9 Å². The highest BCUT2D eigenvalue weighted by Crippen LogP contribution is 2.31. The van der Waals surface area contributed by atoms with Crippen molar-refractivity contribution >= 4 is 30.9 Å². The first-order chi connectivity index (χ1) is 17.6. The third kappa shape index (κ3) is 7.26. The topological polar surface area (TPSA) is 120 Å². The standard InChI is InChI=1S/C25H33FN4O5S2/c1-3-4-9-22(36(2,31)32)14-18(26)16-30-13-12-23-24(30)27-17-28-25(23)35-20-8-6-5-7-19(15-20)29-37(33,34)21-10-11-21/h3-4,9,12-14,17,19-21,29H,5-8,10-11,15-16H2,1-2H3. The molecule has 202 valence electrons. The molecule has 37 heavy (non-hydrogen) atoms. The van der Waals surface area contributed by atoms with Gasteiger partial charge in [0, 0.05) is 24.9 Å². The SMILES string of the molecule is CC=CC=C(C=C(F)Cn1ccc2c(OC3CCCCC(NS(=O)(=O)C4CC4)C3)ncnc21)S(C)(=O)=O. The Labute approximate surface area is 217 Å². The zero-order valence-corrected chi connectivity index (χ0v) is 22.6. The number of halogens is 1. The van der Waals surface area contributed by atoms with Crippen molar-refractivity contribution in [3.05, 3.63) is 53.6 Å². The summed E-state index contributed by atoms with van der Waals surface area (Å²) >= 11 is 0. The molecule has 1 N–H and O–H groups in total. The molecule has 2 aliphatic carbocycles. The second kappa shape index (κ2) is 11.4. The van der Waals surface area contributed by atoms with Crippen LogP contribution in [0.15, 0.2) is 53.6 Å². The van der Waals surface area contributed by atoms with Crippen molar-refractivity contribution < 1.29 is 26.0 Å². The second-order valence-corrected chi connectivity index (χ2v) is 13.6. The number of fused-ring (bicyclic) bond motifs is 1. The van der Waals surface area contributed by atoms with Crippen LogP contribution in [0.3, 0.4) is 0 Å². The van der Waals surface area contributed by atoms with E-state index in [2.05, 4.69) is 14.7 Å². The third-order valence-corrected chi connectivity index (χ3v) is 9.59. The second-order valence-electron chi connectivity index (χ2n) is 9.64. The number of aromatic nitrogens is 3. The predicted molar refractivity (Wildman–Crippen MR) is 141 cm³/mol. The Morgan fingerprint density at radius 2 is 1.95 bits per heavy atom. The van der Waals surface area contributed by atoms with Gasteiger partial charge in [0.15, 0.2) is 9.84 Å². The number of hydrogen-bond acceptors (Lipinski definition) is 7. The van der Waals surface area contributed by atoms with Crippen molar-refractivity contribution in [2.24, 2.45) is 0 Å². The Morgan fingerprint density at radius 1 is 1.19 bits per heavy atom. The van der Waals surface area contributed by atoms with Crippen molar-refractivity contribution in [3.63, 3.8) is 0 Å². The van der Waals surface area contributed by atoms with Crippen molar-refractivity contribution in [2.45, 2.75) is 75.8 Å². The van der Waals surface area contributed by atoms with E-state index in [0.29, 0.717) is 23.3 Å². The van der Waals surface area contributed by atoms with E-state index < -0.39 is 25.7 Å². The molecular weight excluding hydrogens is 519 g/mol. The van der Waals surface area contributed by atoms with E-state index in [1.54, 1.807) is 29.8 Å². The number of ether oxygens (including phenoxy) is 1. The van der Waals surface area contributed by atoms with Crippen LogP contribution in [-0.4, -0.2) is 55.0 Å². The molecule has 9 nitrogen and oxygen atoms in total. The maximum atomic E-state index is 14.8. The predicted octanol–water partition coefficient (Wildman–Crippen LogP) is 3.95. The van der Waals surface area contributed by atoms with Crippen LogP contribution in [-0.2, 0) is 26.4 Å². The molecule has 2 fully saturated rings. The normalized spacial score (nSPS) is 22.5. The fourth-order valence-electron chi connectivity index (χ4n) is 4.43. The minimum atomic E-state index is -3.60. The quantitative estimate of drug-likeness (QED) is 0.350. The summed E-state index contributed by atoms with van der Waals surface area (Å²) < 4.78 is 74.3. The highest BCUT2D eigenvalue weighted by molar-refractivity contribution is 7.94. The number of rotatable bonds is 10. The van der Waals surface area contributed by atoms with Crippen molar-refractivity contribution in [2.75, 3.05) is 6.26 Å². The maximum absolute atomic E-state index is 14.8. The first kappa shape index (κ1) is 27.5. The average Bonchev–Trinajstić information content (AvgIpc) is 3.64. The molecular formula is C25H33FN4O5S2. The molecule has 2 saturated carbocycles. The lowest BCUT2D eigenvalue weighted by atomic mass is 10.1. The largest absolute Gasteiger partial charge is 0.474 e. The zero-order chi connectivity index (χ0) is 26.6. The summed E-state index contributed by atoms with van der Waals surface area (Å²) in [5.74, 6) is -0.289. The van der Waals surface area contributed by atoms with Crippen LogP contribution in [0.4, 0.5) is 4.39 Å². The van der Waals surface area contributed by atoms with E-state index in [-0.39, 0.29) is 28.8 Å². The van der Waals surface area contributed by atoms with Crippen LogP contribution < -0.4 is 9.46 Å². The van der Waals surface area contributed by atoms with Gasteiger partial charge in [0.1, 0.15) is 23.9 Å². The zero-order valence-electron chi connectivity index (χ0n) is 21.0. The van der Waals surface area contributed by atoms with Gasteiger partial charge in [0.25, 0.3) is 0 Å². The number of hydrogen-bond donors (Lipinski definition) is 1. The highest BCUT2D eigenvalue weighted by atomic mass is 32.2. The van der Waals surface area contributed by atoms with E-state index in [1.807, 2.05) is 0 Å². The van der Waals surface area contributed by atoms with Crippen LogP contribution in [0, 0.1) is 0 Å². The molecule has 0 radical (unpaired) electrons. The third-order valence-electron chi connectivity index (χ3n) is 6.47. The fraction of sp³-hybridized carbons (Fsp3) is 0.520. The number of nitrogens with zero attached hydrogens (tertiary/aromatic N) is 3. The minimum absolute atomic E-state index is 0.126. The van der Waals surface area contributed by atoms with E-state index >= 15 is 0 Å². The van der Waals surface area contributed by atoms with Gasteiger partial charge in [-0.2, -0.15) is 0 Å². The molecule has 0 spiro atoms. The Kier molecular flexibility index (Phi) is 8.49. The van der Waals surface area contributed by atoms with Crippen molar-refractivity contribution in [3.8, 4) is 5.88 Å². The summed E-state index contributed by atoms with van der Waals surface area (Å²) in [5.41, 5.74) is 0.450. The number of allylic oxidation sites excluding steroid dienone is 5. The first-order valence-corrected chi connectivity index (χ1v) is 15.9. The van der Waals surface area contributed by atoms with Gasteiger partial charge in [0.05, 0.1) is 22.1 Å². The number of sulfone groups is 1. The van der Waals surface area contributed by atoms with Crippen molar-refractivity contribution in [1.29, 1.82) is 0 Å². The van der Waals surface area contributed by atoms with E-state index in [1.165, 1.54) is 18.5 Å².